The number of hydrogen-bond donors (Lipinski definition) is 2. The van der Waals surface area contributed by atoms with Crippen LogP contribution in [0.5, 0.6) is 11.5 Å². The number of halogens is 1. The number of methoxy groups -OCH3 is 1. The first-order chi connectivity index (χ1) is 9.64. The Morgan fingerprint density at radius 3 is 2.48 bits per heavy atom. The van der Waals surface area contributed by atoms with Crippen LogP contribution in [0.3, 0.4) is 0 Å². The van der Waals surface area contributed by atoms with E-state index in [9.17, 15) is 13.9 Å². The van der Waals surface area contributed by atoms with Gasteiger partial charge in [-0.05, 0) is 36.8 Å². The van der Waals surface area contributed by atoms with Crippen LogP contribution in [0.1, 0.15) is 5.56 Å². The molecule has 0 atom stereocenters. The molecule has 2 aromatic carbocycles. The first-order valence-corrected chi connectivity index (χ1v) is 8.88. The fourth-order valence-corrected chi connectivity index (χ4v) is 4.67. The second kappa shape index (κ2) is 5.02. The number of hydrogen-bond acceptors (Lipinski definition) is 3. The van der Waals surface area contributed by atoms with Crippen molar-refractivity contribution in [2.24, 2.45) is 0 Å². The molecule has 2 aromatic rings. The van der Waals surface area contributed by atoms with Gasteiger partial charge < -0.3 is 9.84 Å². The molecule has 0 unspecified atom stereocenters. The Labute approximate surface area is 128 Å². The minimum absolute atomic E-state index is 0.0906. The topological polar surface area (TPSA) is 66.8 Å². The zero-order valence-electron chi connectivity index (χ0n) is 12.0. The van der Waals surface area contributed by atoms with Gasteiger partial charge in [-0.1, -0.05) is 17.7 Å². The van der Waals surface area contributed by atoms with Crippen LogP contribution in [-0.2, 0) is 9.35 Å². The molecule has 0 fully saturated rings. The lowest BCUT2D eigenvalue weighted by atomic mass is 10.2. The summed E-state index contributed by atoms with van der Waals surface area (Å²) in [4.78, 5) is 0.416. The van der Waals surface area contributed by atoms with Crippen molar-refractivity contribution in [2.75, 3.05) is 13.4 Å². The molecule has 6 heteroatoms. The third kappa shape index (κ3) is 2.77. The molecule has 2 N–H and O–H groups in total. The van der Waals surface area contributed by atoms with Gasteiger partial charge in [-0.2, -0.15) is 4.21 Å². The lowest BCUT2D eigenvalue weighted by molar-refractivity contribution is 0.372. The Hall–Kier alpha value is -1.56. The molecule has 0 bridgehead atoms. The van der Waals surface area contributed by atoms with Crippen molar-refractivity contribution in [2.45, 2.75) is 16.7 Å². The molecule has 0 saturated heterocycles. The van der Waals surface area contributed by atoms with E-state index in [1.807, 2.05) is 0 Å². The van der Waals surface area contributed by atoms with Crippen LogP contribution in [0, 0.1) is 6.92 Å². The smallest absolute Gasteiger partial charge is 0.162 e. The average molecular weight is 329 g/mol. The summed E-state index contributed by atoms with van der Waals surface area (Å²) < 4.78 is 29.2. The van der Waals surface area contributed by atoms with Gasteiger partial charge in [-0.15, -0.1) is 9.35 Å². The van der Waals surface area contributed by atoms with E-state index in [0.717, 1.165) is 0 Å². The number of aryl methyl sites for hydroxylation is 1. The normalized spacial score (nSPS) is 13.5. The summed E-state index contributed by atoms with van der Waals surface area (Å²) >= 11 is 5.96. The molecule has 0 aliphatic carbocycles. The third-order valence-electron chi connectivity index (χ3n) is 3.37. The highest BCUT2D eigenvalue weighted by atomic mass is 35.5. The molecule has 2 rings (SSSR count). The highest BCUT2D eigenvalue weighted by molar-refractivity contribution is 8.14. The molecular formula is C15H17ClO4S. The molecular weight excluding hydrogens is 312 g/mol. The van der Waals surface area contributed by atoms with E-state index < -0.39 is 9.35 Å². The summed E-state index contributed by atoms with van der Waals surface area (Å²) in [6, 6.07) is 8.97. The molecule has 0 heterocycles. The summed E-state index contributed by atoms with van der Waals surface area (Å²) in [6.07, 6.45) is 1.27. The highest BCUT2D eigenvalue weighted by Crippen LogP contribution is 2.43. The predicted molar refractivity (Wildman–Crippen MR) is 84.1 cm³/mol. The molecule has 0 spiro atoms. The monoisotopic (exact) mass is 328 g/mol. The fourth-order valence-electron chi connectivity index (χ4n) is 2.18. The Balaban J connectivity index is 2.74. The minimum Gasteiger partial charge on any atom is -0.504 e. The number of benzene rings is 2. The molecule has 0 saturated carbocycles. The Morgan fingerprint density at radius 1 is 1.19 bits per heavy atom. The van der Waals surface area contributed by atoms with E-state index in [0.29, 0.717) is 10.6 Å². The molecule has 4 nitrogen and oxygen atoms in total. The maximum atomic E-state index is 13.3. The van der Waals surface area contributed by atoms with E-state index >= 15 is 0 Å². The summed E-state index contributed by atoms with van der Waals surface area (Å²) in [7, 11) is -2.95. The number of phenols is 1. The van der Waals surface area contributed by atoms with Crippen LogP contribution >= 0.6 is 11.6 Å². The second-order valence-corrected chi connectivity index (χ2v) is 8.94. The van der Waals surface area contributed by atoms with Gasteiger partial charge in [0.1, 0.15) is 0 Å². The van der Waals surface area contributed by atoms with E-state index in [1.165, 1.54) is 37.6 Å². The van der Waals surface area contributed by atoms with Gasteiger partial charge in [0.2, 0.25) is 0 Å². The van der Waals surface area contributed by atoms with Crippen molar-refractivity contribution >= 4 is 20.9 Å². The maximum absolute atomic E-state index is 13.3. The number of aromatic hydroxyl groups is 1. The average Bonchev–Trinajstić information content (AvgIpc) is 2.41. The van der Waals surface area contributed by atoms with Gasteiger partial charge >= 0.3 is 0 Å². The van der Waals surface area contributed by atoms with Crippen LogP contribution < -0.4 is 4.74 Å². The standard InChI is InChI=1S/C15H17ClO4S/c1-10-4-5-11(16)8-15(10)21(3,18,19)12-6-7-13(17)14(9-12)20-2/h4-9,17H,1-3H3,(H,18,19). The molecule has 0 aliphatic heterocycles. The van der Waals surface area contributed by atoms with Gasteiger partial charge in [-0.25, -0.2) is 0 Å². The summed E-state index contributed by atoms with van der Waals surface area (Å²) in [6.45, 7) is 1.75. The zero-order chi connectivity index (χ0) is 15.9. The molecule has 0 radical (unpaired) electrons. The number of ether oxygens (including phenoxy) is 1. The van der Waals surface area contributed by atoms with Crippen LogP contribution in [0.15, 0.2) is 46.2 Å². The van der Waals surface area contributed by atoms with Crippen LogP contribution in [0.2, 0.25) is 5.02 Å². The van der Waals surface area contributed by atoms with E-state index in [4.69, 9.17) is 16.3 Å². The molecule has 0 aliphatic rings. The predicted octanol–water partition coefficient (Wildman–Crippen LogP) is 3.70. The van der Waals surface area contributed by atoms with Crippen molar-refractivity contribution in [3.05, 3.63) is 47.0 Å². The minimum atomic E-state index is -4.33. The van der Waals surface area contributed by atoms with Crippen molar-refractivity contribution in [3.8, 4) is 11.5 Å². The lowest BCUT2D eigenvalue weighted by Gasteiger charge is -2.40. The van der Waals surface area contributed by atoms with E-state index in [1.54, 1.807) is 19.1 Å². The van der Waals surface area contributed by atoms with Crippen LogP contribution in [0.25, 0.3) is 0 Å². The number of phenolic OH excluding ortho intramolecular Hbond substituents is 1. The van der Waals surface area contributed by atoms with Crippen molar-refractivity contribution in [1.29, 1.82) is 0 Å². The fraction of sp³-hybridized carbons (Fsp3) is 0.200. The highest BCUT2D eigenvalue weighted by Gasteiger charge is 2.30. The van der Waals surface area contributed by atoms with E-state index in [-0.39, 0.29) is 21.3 Å². The van der Waals surface area contributed by atoms with Gasteiger partial charge in [0, 0.05) is 17.3 Å². The largest absolute Gasteiger partial charge is 0.504 e. The van der Waals surface area contributed by atoms with Crippen molar-refractivity contribution in [1.82, 2.24) is 0 Å². The van der Waals surface area contributed by atoms with Crippen LogP contribution in [-0.4, -0.2) is 27.2 Å². The van der Waals surface area contributed by atoms with Gasteiger partial charge in [0.05, 0.1) is 16.9 Å². The van der Waals surface area contributed by atoms with Gasteiger partial charge in [0.25, 0.3) is 0 Å². The van der Waals surface area contributed by atoms with Crippen LogP contribution in [0.4, 0.5) is 0 Å². The third-order valence-corrected chi connectivity index (χ3v) is 6.45. The molecule has 114 valence electrons. The Kier molecular flexibility index (Phi) is 3.78. The van der Waals surface area contributed by atoms with Gasteiger partial charge in [-0.3, -0.25) is 4.55 Å². The van der Waals surface area contributed by atoms with Gasteiger partial charge in [0.15, 0.2) is 11.5 Å². The summed E-state index contributed by atoms with van der Waals surface area (Å²) in [5, 5.41) is 10.0. The summed E-state index contributed by atoms with van der Waals surface area (Å²) in [5.74, 6) is 0.0501. The quantitative estimate of drug-likeness (QED) is 0.901. The number of rotatable bonds is 3. The zero-order valence-corrected chi connectivity index (χ0v) is 13.5. The summed E-state index contributed by atoms with van der Waals surface area (Å²) in [5.41, 5.74) is 0.661. The Morgan fingerprint density at radius 2 is 1.86 bits per heavy atom. The SMILES string of the molecule is COc1cc(S(C)(=O)(O)c2cc(Cl)ccc2C)ccc1O. The lowest BCUT2D eigenvalue weighted by Crippen LogP contribution is -2.31. The Bertz CT molecular complexity index is 764. The molecule has 0 aromatic heterocycles. The second-order valence-electron chi connectivity index (χ2n) is 5.03. The maximum Gasteiger partial charge on any atom is 0.162 e. The molecule has 21 heavy (non-hydrogen) atoms. The first-order valence-electron chi connectivity index (χ1n) is 6.17. The first kappa shape index (κ1) is 15.8. The molecule has 0 amide bonds. The van der Waals surface area contributed by atoms with Crippen molar-refractivity contribution in [3.63, 3.8) is 0 Å². The van der Waals surface area contributed by atoms with Crippen molar-refractivity contribution < 1.29 is 18.6 Å². The van der Waals surface area contributed by atoms with E-state index in [2.05, 4.69) is 0 Å².